The first-order valence-corrected chi connectivity index (χ1v) is 10.4. The molecule has 7 heteroatoms. The van der Waals surface area contributed by atoms with Crippen molar-refractivity contribution in [2.75, 3.05) is 43.8 Å². The third-order valence-electron chi connectivity index (χ3n) is 5.85. The van der Waals surface area contributed by atoms with Gasteiger partial charge in [0.15, 0.2) is 0 Å². The lowest BCUT2D eigenvalue weighted by Crippen LogP contribution is -2.50. The maximum atomic E-state index is 13.4. The van der Waals surface area contributed by atoms with Crippen molar-refractivity contribution in [2.45, 2.75) is 6.54 Å². The molecule has 31 heavy (non-hydrogen) atoms. The smallest absolute Gasteiger partial charge is 0.237 e. The Morgan fingerprint density at radius 2 is 1.97 bits per heavy atom. The average Bonchev–Trinajstić information content (AvgIpc) is 2.76. The third kappa shape index (κ3) is 4.22. The fraction of sp³-hybridized carbons (Fsp3) is 0.250. The van der Waals surface area contributed by atoms with E-state index >= 15 is 0 Å². The molecule has 1 saturated heterocycles. The number of hydrogen-bond donors (Lipinski definition) is 2. The number of nitrogen functional groups attached to an aromatic ring is 1. The number of nitrogens with one attached hydrogen (secondary N) is 1. The predicted octanol–water partition coefficient (Wildman–Crippen LogP) is 3.11. The van der Waals surface area contributed by atoms with E-state index in [1.807, 2.05) is 23.1 Å². The van der Waals surface area contributed by atoms with Gasteiger partial charge in [-0.3, -0.25) is 9.69 Å². The van der Waals surface area contributed by atoms with E-state index in [9.17, 15) is 9.18 Å². The van der Waals surface area contributed by atoms with Gasteiger partial charge in [-0.05, 0) is 53.1 Å². The van der Waals surface area contributed by atoms with E-state index < -0.39 is 0 Å². The van der Waals surface area contributed by atoms with Crippen LogP contribution >= 0.6 is 0 Å². The lowest BCUT2D eigenvalue weighted by molar-refractivity contribution is -0.136. The Kier molecular flexibility index (Phi) is 5.03. The molecule has 3 N–H and O–H groups in total. The minimum Gasteiger partial charge on any atom is -0.384 e. The zero-order chi connectivity index (χ0) is 21.4. The molecular weight excluding hydrogens is 393 g/mol. The topological polar surface area (TPSA) is 74.5 Å². The quantitative estimate of drug-likeness (QED) is 0.682. The van der Waals surface area contributed by atoms with Gasteiger partial charge in [0.1, 0.15) is 11.6 Å². The van der Waals surface area contributed by atoms with E-state index in [0.717, 1.165) is 40.8 Å². The maximum absolute atomic E-state index is 13.4. The zero-order valence-corrected chi connectivity index (χ0v) is 17.1. The van der Waals surface area contributed by atoms with Crippen molar-refractivity contribution in [1.82, 2.24) is 14.8 Å². The molecule has 0 spiro atoms. The summed E-state index contributed by atoms with van der Waals surface area (Å²) in [5.74, 6) is 0.399. The number of carbonyl (C=O) groups is 1. The fourth-order valence-corrected chi connectivity index (χ4v) is 4.24. The number of fused-ring (bicyclic) bond motifs is 2. The first-order chi connectivity index (χ1) is 15.0. The highest BCUT2D eigenvalue weighted by Gasteiger charge is 2.25. The van der Waals surface area contributed by atoms with Crippen LogP contribution in [0.1, 0.15) is 11.1 Å². The molecule has 158 valence electrons. The molecule has 0 radical (unpaired) electrons. The van der Waals surface area contributed by atoms with Crippen LogP contribution in [0.5, 0.6) is 0 Å². The van der Waals surface area contributed by atoms with Crippen LogP contribution in [0.15, 0.2) is 54.1 Å². The predicted molar refractivity (Wildman–Crippen MR) is 121 cm³/mol. The molecule has 3 heterocycles. The monoisotopic (exact) mass is 417 g/mol. The van der Waals surface area contributed by atoms with Gasteiger partial charge in [-0.25, -0.2) is 9.37 Å². The van der Waals surface area contributed by atoms with Gasteiger partial charge < -0.3 is 16.0 Å². The van der Waals surface area contributed by atoms with Gasteiger partial charge in [0.05, 0.1) is 12.1 Å². The van der Waals surface area contributed by atoms with Gasteiger partial charge in [-0.2, -0.15) is 0 Å². The number of piperazine rings is 1. The Balaban J connectivity index is 1.21. The molecule has 0 atom stereocenters. The second-order valence-corrected chi connectivity index (χ2v) is 8.18. The number of aromatic nitrogens is 1. The van der Waals surface area contributed by atoms with Gasteiger partial charge in [-0.1, -0.05) is 18.2 Å². The van der Waals surface area contributed by atoms with Gasteiger partial charge in [0.2, 0.25) is 5.91 Å². The van der Waals surface area contributed by atoms with Crippen molar-refractivity contribution < 1.29 is 9.18 Å². The molecule has 1 fully saturated rings. The van der Waals surface area contributed by atoms with Crippen LogP contribution in [-0.4, -0.2) is 53.4 Å². The summed E-state index contributed by atoms with van der Waals surface area (Å²) in [5, 5.41) is 4.29. The Bertz CT molecular complexity index is 1190. The van der Waals surface area contributed by atoms with Gasteiger partial charge in [0.25, 0.3) is 0 Å². The van der Waals surface area contributed by atoms with Crippen molar-refractivity contribution >= 4 is 34.4 Å². The normalized spacial score (nSPS) is 16.7. The Hall–Kier alpha value is -3.45. The second kappa shape index (κ2) is 8.00. The number of hydrogen-bond acceptors (Lipinski definition) is 5. The number of rotatable bonds is 4. The lowest BCUT2D eigenvalue weighted by atomic mass is 10.0. The van der Waals surface area contributed by atoms with Crippen LogP contribution in [-0.2, 0) is 11.3 Å². The highest BCUT2D eigenvalue weighted by atomic mass is 19.1. The Labute approximate surface area is 180 Å². The standard InChI is InChI=1S/C24H24FN5O/c25-20-4-2-19-10-17(12-27-22(19)11-20)13-29-7-8-30(24(31)15-29)14-16-1-5-21-18(9-16)3-6-23(26)28-21/h1-6,9-11,27H,7-8,12-15H2,(H2,26,28). The van der Waals surface area contributed by atoms with Gasteiger partial charge in [-0.15, -0.1) is 0 Å². The SMILES string of the molecule is Nc1ccc2cc(CN3CCN(CC4=Cc5ccc(F)cc5NC4)CC3=O)ccc2n1. The van der Waals surface area contributed by atoms with Gasteiger partial charge >= 0.3 is 0 Å². The molecule has 2 aliphatic rings. The number of pyridine rings is 1. The van der Waals surface area contributed by atoms with Crippen LogP contribution in [0.2, 0.25) is 0 Å². The lowest BCUT2D eigenvalue weighted by Gasteiger charge is -2.35. The number of nitrogens with zero attached hydrogens (tertiary/aromatic N) is 3. The van der Waals surface area contributed by atoms with E-state index in [1.54, 1.807) is 12.1 Å². The summed E-state index contributed by atoms with van der Waals surface area (Å²) in [5.41, 5.74) is 10.7. The second-order valence-electron chi connectivity index (χ2n) is 8.18. The van der Waals surface area contributed by atoms with Crippen LogP contribution in [0.4, 0.5) is 15.9 Å². The van der Waals surface area contributed by atoms with Crippen molar-refractivity contribution in [1.29, 1.82) is 0 Å². The van der Waals surface area contributed by atoms with Crippen LogP contribution < -0.4 is 11.1 Å². The number of halogens is 1. The summed E-state index contributed by atoms with van der Waals surface area (Å²) < 4.78 is 13.4. The molecular formula is C24H24FN5O. The summed E-state index contributed by atoms with van der Waals surface area (Å²) in [6.45, 7) is 3.91. The first-order valence-electron chi connectivity index (χ1n) is 10.4. The largest absolute Gasteiger partial charge is 0.384 e. The highest BCUT2D eigenvalue weighted by Crippen LogP contribution is 2.25. The third-order valence-corrected chi connectivity index (χ3v) is 5.85. The molecule has 5 rings (SSSR count). The molecule has 2 aromatic carbocycles. The fourth-order valence-electron chi connectivity index (χ4n) is 4.24. The van der Waals surface area contributed by atoms with Crippen molar-refractivity contribution in [3.63, 3.8) is 0 Å². The maximum Gasteiger partial charge on any atom is 0.237 e. The highest BCUT2D eigenvalue weighted by molar-refractivity contribution is 5.82. The molecule has 0 saturated carbocycles. The summed E-state index contributed by atoms with van der Waals surface area (Å²) in [6, 6.07) is 14.6. The van der Waals surface area contributed by atoms with Crippen molar-refractivity contribution in [3.8, 4) is 0 Å². The van der Waals surface area contributed by atoms with E-state index in [4.69, 9.17) is 5.73 Å². The minimum absolute atomic E-state index is 0.133. The molecule has 0 bridgehead atoms. The van der Waals surface area contributed by atoms with Crippen LogP contribution in [0.3, 0.4) is 0 Å². The summed E-state index contributed by atoms with van der Waals surface area (Å²) in [4.78, 5) is 21.2. The molecule has 3 aromatic rings. The molecule has 1 aromatic heterocycles. The van der Waals surface area contributed by atoms with Crippen molar-refractivity contribution in [3.05, 3.63) is 71.0 Å². The average molecular weight is 417 g/mol. The Morgan fingerprint density at radius 3 is 2.84 bits per heavy atom. The van der Waals surface area contributed by atoms with Crippen LogP contribution in [0, 0.1) is 5.82 Å². The number of nitrogens with two attached hydrogens (primary N) is 1. The number of benzene rings is 2. The summed E-state index contributed by atoms with van der Waals surface area (Å²) in [7, 11) is 0. The Morgan fingerprint density at radius 1 is 1.06 bits per heavy atom. The molecule has 2 aliphatic heterocycles. The molecule has 0 aliphatic carbocycles. The van der Waals surface area contributed by atoms with E-state index in [2.05, 4.69) is 27.3 Å². The number of amides is 1. The molecule has 6 nitrogen and oxygen atoms in total. The van der Waals surface area contributed by atoms with E-state index in [0.29, 0.717) is 32.0 Å². The van der Waals surface area contributed by atoms with Crippen LogP contribution in [0.25, 0.3) is 17.0 Å². The summed E-state index contributed by atoms with van der Waals surface area (Å²) in [6.07, 6.45) is 2.10. The number of carbonyl (C=O) groups excluding carboxylic acids is 1. The van der Waals surface area contributed by atoms with Crippen molar-refractivity contribution in [2.24, 2.45) is 0 Å². The molecule has 1 amide bonds. The van der Waals surface area contributed by atoms with E-state index in [1.165, 1.54) is 17.7 Å². The zero-order valence-electron chi connectivity index (χ0n) is 17.1. The van der Waals surface area contributed by atoms with E-state index in [-0.39, 0.29) is 11.7 Å². The minimum atomic E-state index is -0.239. The molecule has 0 unspecified atom stereocenters. The number of anilines is 2. The van der Waals surface area contributed by atoms with Gasteiger partial charge in [0, 0.05) is 43.8 Å². The first kappa shape index (κ1) is 19.5. The summed E-state index contributed by atoms with van der Waals surface area (Å²) >= 11 is 0.